The smallest absolute Gasteiger partial charge is 0.352 e. The lowest BCUT2D eigenvalue weighted by Crippen LogP contribution is -2.24. The van der Waals surface area contributed by atoms with Gasteiger partial charge in [0, 0.05) is 18.8 Å². The van der Waals surface area contributed by atoms with Crippen molar-refractivity contribution in [2.75, 3.05) is 6.61 Å². The Bertz CT molecular complexity index is 450. The molecule has 1 unspecified atom stereocenters. The van der Waals surface area contributed by atoms with Crippen LogP contribution >= 0.6 is 0 Å². The second-order valence-electron chi connectivity index (χ2n) is 5.11. The summed E-state index contributed by atoms with van der Waals surface area (Å²) in [5, 5.41) is 9.37. The number of ether oxygens (including phenoxy) is 1. The van der Waals surface area contributed by atoms with E-state index in [2.05, 4.69) is 6.92 Å². The minimum Gasteiger partial charge on any atom is -0.477 e. The summed E-state index contributed by atoms with van der Waals surface area (Å²) in [6.45, 7) is 5.38. The molecule has 1 aromatic rings. The standard InChI is InChI=1S/C15H23NO3/c1-3-12(19-4-2)10-16-13-8-6-5-7-11(13)9-14(16)15(17)18/h9,12H,3-8,10H2,1-2H3,(H,17,18). The summed E-state index contributed by atoms with van der Waals surface area (Å²) in [4.78, 5) is 11.4. The second-order valence-corrected chi connectivity index (χ2v) is 5.11. The molecular weight excluding hydrogens is 242 g/mol. The number of carbonyl (C=O) groups is 1. The number of rotatable bonds is 6. The van der Waals surface area contributed by atoms with Crippen LogP contribution in [0.5, 0.6) is 0 Å². The fourth-order valence-corrected chi connectivity index (χ4v) is 2.89. The summed E-state index contributed by atoms with van der Waals surface area (Å²) < 4.78 is 7.65. The highest BCUT2D eigenvalue weighted by molar-refractivity contribution is 5.86. The minimum atomic E-state index is -0.833. The number of aromatic carboxylic acids is 1. The van der Waals surface area contributed by atoms with Crippen molar-refractivity contribution in [3.63, 3.8) is 0 Å². The van der Waals surface area contributed by atoms with Crippen molar-refractivity contribution in [1.82, 2.24) is 4.57 Å². The maximum Gasteiger partial charge on any atom is 0.352 e. The average molecular weight is 265 g/mol. The van der Waals surface area contributed by atoms with E-state index in [1.165, 1.54) is 17.7 Å². The quantitative estimate of drug-likeness (QED) is 0.860. The minimum absolute atomic E-state index is 0.0986. The first-order chi connectivity index (χ1) is 9.17. The molecule has 0 bridgehead atoms. The van der Waals surface area contributed by atoms with E-state index in [4.69, 9.17) is 4.74 Å². The zero-order chi connectivity index (χ0) is 13.8. The first kappa shape index (κ1) is 14.1. The Balaban J connectivity index is 2.30. The number of carboxylic acids is 1. The van der Waals surface area contributed by atoms with Crippen molar-refractivity contribution in [2.24, 2.45) is 0 Å². The molecule has 0 saturated carbocycles. The van der Waals surface area contributed by atoms with Crippen LogP contribution < -0.4 is 0 Å². The lowest BCUT2D eigenvalue weighted by molar-refractivity contribution is 0.0455. The maximum absolute atomic E-state index is 11.4. The molecule has 0 aromatic carbocycles. The number of aryl methyl sites for hydroxylation is 1. The normalized spacial score (nSPS) is 16.1. The van der Waals surface area contributed by atoms with Gasteiger partial charge in [0.25, 0.3) is 0 Å². The average Bonchev–Trinajstić information content (AvgIpc) is 2.77. The van der Waals surface area contributed by atoms with Crippen LogP contribution in [0.25, 0.3) is 0 Å². The largest absolute Gasteiger partial charge is 0.477 e. The Morgan fingerprint density at radius 2 is 2.16 bits per heavy atom. The van der Waals surface area contributed by atoms with Gasteiger partial charge in [0.2, 0.25) is 0 Å². The van der Waals surface area contributed by atoms with Gasteiger partial charge in [-0.1, -0.05) is 6.92 Å². The molecule has 1 aromatic heterocycles. The number of hydrogen-bond donors (Lipinski definition) is 1. The molecule has 1 aliphatic rings. The highest BCUT2D eigenvalue weighted by Gasteiger charge is 2.23. The Hall–Kier alpha value is -1.29. The van der Waals surface area contributed by atoms with Crippen LogP contribution in [0.3, 0.4) is 0 Å². The molecule has 1 atom stereocenters. The van der Waals surface area contributed by atoms with Gasteiger partial charge in [-0.25, -0.2) is 4.79 Å². The molecule has 1 N–H and O–H groups in total. The predicted molar refractivity (Wildman–Crippen MR) is 73.7 cm³/mol. The van der Waals surface area contributed by atoms with Gasteiger partial charge in [-0.05, 0) is 50.7 Å². The number of nitrogens with zero attached hydrogens (tertiary/aromatic N) is 1. The van der Waals surface area contributed by atoms with E-state index in [1.54, 1.807) is 0 Å². The van der Waals surface area contributed by atoms with Gasteiger partial charge in [0.05, 0.1) is 6.10 Å². The summed E-state index contributed by atoms with van der Waals surface area (Å²) in [7, 11) is 0. The topological polar surface area (TPSA) is 51.5 Å². The summed E-state index contributed by atoms with van der Waals surface area (Å²) in [5.41, 5.74) is 2.85. The van der Waals surface area contributed by atoms with Crippen molar-refractivity contribution < 1.29 is 14.6 Å². The zero-order valence-electron chi connectivity index (χ0n) is 11.8. The van der Waals surface area contributed by atoms with Crippen molar-refractivity contribution in [3.8, 4) is 0 Å². The van der Waals surface area contributed by atoms with E-state index in [9.17, 15) is 9.90 Å². The van der Waals surface area contributed by atoms with Gasteiger partial charge in [-0.3, -0.25) is 0 Å². The number of fused-ring (bicyclic) bond motifs is 1. The highest BCUT2D eigenvalue weighted by Crippen LogP contribution is 2.26. The van der Waals surface area contributed by atoms with Crippen LogP contribution in [-0.4, -0.2) is 28.4 Å². The molecule has 2 rings (SSSR count). The predicted octanol–water partition coefficient (Wildman–Crippen LogP) is 2.88. The third-order valence-corrected chi connectivity index (χ3v) is 3.87. The zero-order valence-corrected chi connectivity index (χ0v) is 11.8. The molecule has 19 heavy (non-hydrogen) atoms. The van der Waals surface area contributed by atoms with Gasteiger partial charge in [-0.2, -0.15) is 0 Å². The molecule has 4 nitrogen and oxygen atoms in total. The number of carboxylic acid groups (broad SMARTS) is 1. The van der Waals surface area contributed by atoms with Crippen molar-refractivity contribution in [1.29, 1.82) is 0 Å². The van der Waals surface area contributed by atoms with Gasteiger partial charge >= 0.3 is 5.97 Å². The van der Waals surface area contributed by atoms with Gasteiger partial charge in [-0.15, -0.1) is 0 Å². The first-order valence-electron chi connectivity index (χ1n) is 7.23. The van der Waals surface area contributed by atoms with Crippen LogP contribution in [-0.2, 0) is 24.1 Å². The van der Waals surface area contributed by atoms with E-state index in [0.717, 1.165) is 25.7 Å². The van der Waals surface area contributed by atoms with Crippen molar-refractivity contribution in [2.45, 2.75) is 58.6 Å². The monoisotopic (exact) mass is 265 g/mol. The molecule has 0 saturated heterocycles. The first-order valence-corrected chi connectivity index (χ1v) is 7.23. The van der Waals surface area contributed by atoms with E-state index in [1.807, 2.05) is 17.6 Å². The third kappa shape index (κ3) is 3.00. The second kappa shape index (κ2) is 6.24. The Labute approximate surface area is 114 Å². The number of hydrogen-bond acceptors (Lipinski definition) is 2. The molecular formula is C15H23NO3. The van der Waals surface area contributed by atoms with Gasteiger partial charge < -0.3 is 14.4 Å². The maximum atomic E-state index is 11.4. The van der Waals surface area contributed by atoms with E-state index in [0.29, 0.717) is 18.8 Å². The van der Waals surface area contributed by atoms with Crippen LogP contribution in [0.1, 0.15) is 54.9 Å². The molecule has 1 heterocycles. The van der Waals surface area contributed by atoms with Crippen LogP contribution in [0.2, 0.25) is 0 Å². The van der Waals surface area contributed by atoms with E-state index >= 15 is 0 Å². The van der Waals surface area contributed by atoms with Crippen LogP contribution in [0.15, 0.2) is 6.07 Å². The summed E-state index contributed by atoms with van der Waals surface area (Å²) in [6.07, 6.45) is 5.32. The molecule has 0 fully saturated rings. The van der Waals surface area contributed by atoms with Crippen LogP contribution in [0.4, 0.5) is 0 Å². The molecule has 0 spiro atoms. The fourth-order valence-electron chi connectivity index (χ4n) is 2.89. The molecule has 106 valence electrons. The Morgan fingerprint density at radius 3 is 2.79 bits per heavy atom. The lowest BCUT2D eigenvalue weighted by Gasteiger charge is -2.21. The number of aromatic nitrogens is 1. The van der Waals surface area contributed by atoms with Crippen molar-refractivity contribution in [3.05, 3.63) is 23.0 Å². The SMILES string of the molecule is CCOC(CC)Cn1c(C(=O)O)cc2c1CCCC2. The highest BCUT2D eigenvalue weighted by atomic mass is 16.5. The van der Waals surface area contributed by atoms with Gasteiger partial charge in [0.1, 0.15) is 5.69 Å². The molecule has 0 amide bonds. The molecule has 0 aliphatic heterocycles. The van der Waals surface area contributed by atoms with Crippen molar-refractivity contribution >= 4 is 5.97 Å². The fraction of sp³-hybridized carbons (Fsp3) is 0.667. The summed E-state index contributed by atoms with van der Waals surface area (Å²) in [6, 6.07) is 1.86. The molecule has 1 aliphatic carbocycles. The summed E-state index contributed by atoms with van der Waals surface area (Å²) >= 11 is 0. The molecule has 0 radical (unpaired) electrons. The van der Waals surface area contributed by atoms with E-state index < -0.39 is 5.97 Å². The van der Waals surface area contributed by atoms with Crippen LogP contribution in [0, 0.1) is 0 Å². The lowest BCUT2D eigenvalue weighted by atomic mass is 9.98. The third-order valence-electron chi connectivity index (χ3n) is 3.87. The van der Waals surface area contributed by atoms with Gasteiger partial charge in [0.15, 0.2) is 0 Å². The Morgan fingerprint density at radius 1 is 1.42 bits per heavy atom. The Kier molecular flexibility index (Phi) is 4.64. The summed E-state index contributed by atoms with van der Waals surface area (Å²) in [5.74, 6) is -0.833. The molecule has 4 heteroatoms. The van der Waals surface area contributed by atoms with E-state index in [-0.39, 0.29) is 6.10 Å².